The maximum atomic E-state index is 13.0. The highest BCUT2D eigenvalue weighted by Gasteiger charge is 2.61. The van der Waals surface area contributed by atoms with Crippen molar-refractivity contribution in [3.05, 3.63) is 0 Å². The minimum absolute atomic E-state index is 0.0781. The zero-order chi connectivity index (χ0) is 49.1. The van der Waals surface area contributed by atoms with E-state index in [4.69, 9.17) is 42.6 Å². The molecule has 5 aliphatic rings. The molecule has 5 fully saturated rings. The Balaban J connectivity index is 1.54. The van der Waals surface area contributed by atoms with E-state index in [1.54, 1.807) is 0 Å². The van der Waals surface area contributed by atoms with Crippen LogP contribution >= 0.6 is 0 Å². The van der Waals surface area contributed by atoms with Crippen molar-refractivity contribution in [1.29, 1.82) is 0 Å². The molecule has 5 aliphatic heterocycles. The van der Waals surface area contributed by atoms with Gasteiger partial charge in [0.1, 0.15) is 97.6 Å². The van der Waals surface area contributed by atoms with Crippen molar-refractivity contribution in [1.82, 2.24) is 10.6 Å². The summed E-state index contributed by atoms with van der Waals surface area (Å²) in [5.41, 5.74) is 0. The number of rotatable bonds is 17. The van der Waals surface area contributed by atoms with Gasteiger partial charge in [0, 0.05) is 26.7 Å². The number of carbonyl (C=O) groups is 3. The number of nitrogens with one attached hydrogen (secondary N) is 2. The fraction of sp³-hybridized carbons (Fsp3) is 0.919. The molecule has 0 spiro atoms. The normalized spacial score (nSPS) is 46.5. The van der Waals surface area contributed by atoms with Gasteiger partial charge in [0.2, 0.25) is 11.8 Å². The van der Waals surface area contributed by atoms with Gasteiger partial charge in [-0.25, -0.2) is 4.79 Å². The summed E-state index contributed by atoms with van der Waals surface area (Å²) in [6.07, 6.45) is -43.0. The molecule has 25 atom stereocenters. The lowest BCUT2D eigenvalue weighted by atomic mass is 9.88. The van der Waals surface area contributed by atoms with Crippen molar-refractivity contribution in [3.8, 4) is 0 Å². The number of aliphatic hydroxyl groups excluding tert-OH is 14. The number of aliphatic carboxylic acids is 1. The second-order valence-electron chi connectivity index (χ2n) is 16.8. The van der Waals surface area contributed by atoms with E-state index in [-0.39, 0.29) is 6.42 Å². The quantitative estimate of drug-likeness (QED) is 0.0643. The summed E-state index contributed by atoms with van der Waals surface area (Å²) < 4.78 is 52.0. The number of amides is 2. The number of aliphatic hydroxyl groups is 14. The van der Waals surface area contributed by atoms with Crippen LogP contribution < -0.4 is 10.6 Å². The SMILES string of the molecule is CC(=O)N[C@H]1[C@H](O[C@H]2[C@@H](O)[C@@H](CO)OC(O)[C@@H]2O)O[C@H](CO)[C@@H](O[C@@H]2O[C@H](CO)[C@H](O)[C@H](O[C@]3(C(=O)O)C[C@H](O)[C@@H](NC(C)=O)[C@H]([C@H](O)[C@H](O)CO)O3)[C@H]2O)[C@@H]1O[C@@H]1O[C@@H](C)C[C@@H](O)[C@@H]1O. The first-order valence-corrected chi connectivity index (χ1v) is 21.0. The second kappa shape index (κ2) is 22.9. The topological polar surface area (TPSA) is 462 Å². The van der Waals surface area contributed by atoms with Crippen LogP contribution in [0.2, 0.25) is 0 Å². The van der Waals surface area contributed by atoms with Crippen LogP contribution in [0.1, 0.15) is 33.6 Å². The number of ether oxygens (including phenoxy) is 9. The lowest BCUT2D eigenvalue weighted by Gasteiger charge is -2.52. The van der Waals surface area contributed by atoms with E-state index >= 15 is 0 Å². The Kier molecular flexibility index (Phi) is 18.9. The third-order valence-corrected chi connectivity index (χ3v) is 11.9. The highest BCUT2D eigenvalue weighted by atomic mass is 16.8. The van der Waals surface area contributed by atoms with E-state index in [9.17, 15) is 91.0 Å². The molecule has 29 heteroatoms. The first kappa shape index (κ1) is 54.4. The molecule has 382 valence electrons. The molecule has 2 amide bonds. The van der Waals surface area contributed by atoms with Gasteiger partial charge in [0.15, 0.2) is 25.2 Å². The number of carboxylic acids is 1. The van der Waals surface area contributed by atoms with Crippen LogP contribution in [0.15, 0.2) is 0 Å². The van der Waals surface area contributed by atoms with E-state index < -0.39 is 204 Å². The smallest absolute Gasteiger partial charge is 0.364 e. The van der Waals surface area contributed by atoms with Crippen LogP contribution in [-0.4, -0.2) is 274 Å². The molecule has 0 aliphatic carbocycles. The largest absolute Gasteiger partial charge is 0.477 e. The van der Waals surface area contributed by atoms with Gasteiger partial charge in [-0.2, -0.15) is 0 Å². The molecule has 0 bridgehead atoms. The van der Waals surface area contributed by atoms with E-state index in [2.05, 4.69) is 10.6 Å². The lowest BCUT2D eigenvalue weighted by Crippen LogP contribution is -2.72. The summed E-state index contributed by atoms with van der Waals surface area (Å²) in [5.74, 6) is -6.88. The van der Waals surface area contributed by atoms with Crippen LogP contribution in [0, 0.1) is 0 Å². The predicted molar refractivity (Wildman–Crippen MR) is 204 cm³/mol. The summed E-state index contributed by atoms with van der Waals surface area (Å²) in [6, 6.07) is -3.39. The fourth-order valence-corrected chi connectivity index (χ4v) is 8.49. The first-order chi connectivity index (χ1) is 31.0. The average Bonchev–Trinajstić information content (AvgIpc) is 3.26. The molecule has 29 nitrogen and oxygen atoms in total. The zero-order valence-electron chi connectivity index (χ0n) is 35.7. The average molecular weight is 967 g/mol. The van der Waals surface area contributed by atoms with Crippen LogP contribution in [0.3, 0.4) is 0 Å². The van der Waals surface area contributed by atoms with Gasteiger partial charge in [-0.15, -0.1) is 0 Å². The number of carbonyl (C=O) groups excluding carboxylic acids is 2. The third kappa shape index (κ3) is 11.7. The Morgan fingerprint density at radius 2 is 1.17 bits per heavy atom. The number of hydrogen-bond acceptors (Lipinski definition) is 26. The molecular weight excluding hydrogens is 904 g/mol. The van der Waals surface area contributed by atoms with Crippen LogP contribution in [0.25, 0.3) is 0 Å². The summed E-state index contributed by atoms with van der Waals surface area (Å²) in [4.78, 5) is 37.9. The Morgan fingerprint density at radius 1 is 0.636 bits per heavy atom. The Hall–Kier alpha value is -2.51. The van der Waals surface area contributed by atoms with Crippen LogP contribution in [0.5, 0.6) is 0 Å². The van der Waals surface area contributed by atoms with Gasteiger partial charge in [-0.3, -0.25) is 9.59 Å². The van der Waals surface area contributed by atoms with Gasteiger partial charge in [0.05, 0.1) is 50.8 Å². The molecule has 0 aromatic carbocycles. The Labute approximate surface area is 374 Å². The molecule has 0 aromatic heterocycles. The first-order valence-electron chi connectivity index (χ1n) is 21.0. The molecule has 5 heterocycles. The van der Waals surface area contributed by atoms with E-state index in [1.165, 1.54) is 6.92 Å². The van der Waals surface area contributed by atoms with Gasteiger partial charge < -0.3 is 130 Å². The highest BCUT2D eigenvalue weighted by Crippen LogP contribution is 2.40. The van der Waals surface area contributed by atoms with Crippen molar-refractivity contribution in [3.63, 3.8) is 0 Å². The van der Waals surface area contributed by atoms with Crippen LogP contribution in [-0.2, 0) is 57.0 Å². The Bertz CT molecular complexity index is 1610. The summed E-state index contributed by atoms with van der Waals surface area (Å²) >= 11 is 0. The van der Waals surface area contributed by atoms with Gasteiger partial charge in [0.25, 0.3) is 5.79 Å². The molecule has 1 unspecified atom stereocenters. The van der Waals surface area contributed by atoms with Crippen LogP contribution in [0.4, 0.5) is 0 Å². The van der Waals surface area contributed by atoms with E-state index in [1.807, 2.05) is 0 Å². The fourth-order valence-electron chi connectivity index (χ4n) is 8.49. The maximum absolute atomic E-state index is 13.0. The molecular formula is C37H62N2O27. The summed E-state index contributed by atoms with van der Waals surface area (Å²) in [6.45, 7) is -0.640. The molecule has 5 rings (SSSR count). The van der Waals surface area contributed by atoms with Gasteiger partial charge in [-0.1, -0.05) is 0 Å². The third-order valence-electron chi connectivity index (χ3n) is 11.9. The summed E-state index contributed by atoms with van der Waals surface area (Å²) in [5, 5.41) is 165. The number of hydrogen-bond donors (Lipinski definition) is 17. The van der Waals surface area contributed by atoms with Crippen molar-refractivity contribution in [2.75, 3.05) is 26.4 Å². The minimum atomic E-state index is -3.17. The van der Waals surface area contributed by atoms with Crippen molar-refractivity contribution < 1.29 is 134 Å². The van der Waals surface area contributed by atoms with Crippen molar-refractivity contribution >= 4 is 17.8 Å². The highest BCUT2D eigenvalue weighted by molar-refractivity contribution is 5.76. The van der Waals surface area contributed by atoms with Gasteiger partial charge >= 0.3 is 5.97 Å². The van der Waals surface area contributed by atoms with Gasteiger partial charge in [-0.05, 0) is 6.92 Å². The molecule has 17 N–H and O–H groups in total. The maximum Gasteiger partial charge on any atom is 0.364 e. The van der Waals surface area contributed by atoms with Crippen molar-refractivity contribution in [2.24, 2.45) is 0 Å². The van der Waals surface area contributed by atoms with Crippen molar-refractivity contribution in [2.45, 2.75) is 187 Å². The second-order valence-corrected chi connectivity index (χ2v) is 16.8. The van der Waals surface area contributed by atoms with E-state index in [0.717, 1.165) is 13.8 Å². The lowest BCUT2D eigenvalue weighted by molar-refractivity contribution is -0.395. The number of carboxylic acid groups (broad SMARTS) is 1. The standard InChI is InChI=1S/C37H62N2O27/c1-10-4-13(46)22(50)34(58-10)63-29-20(39-12(3)45)33(64-30-23(51)16(7-41)59-32(55)25(30)53)61-18(9-43)27(29)62-35-26(54)31(24(52)17(8-42)60-35)66-37(36(56)57)5-14(47)19(38-11(2)44)28(65-37)21(49)15(48)6-40/h10,13-35,40-43,46-55H,4-9H2,1-3H3,(H,38,44)(H,39,45)(H,56,57)/t10-,13+,14-,15+,16+,17+,18+,19+,20+,21+,22-,23-,24-,25+,26+,27+,28+,29+,30-,31-,32?,33-,34-,35-,37-/m0/s1. The molecule has 0 radical (unpaired) electrons. The zero-order valence-corrected chi connectivity index (χ0v) is 35.7. The molecule has 0 saturated carbocycles. The van der Waals surface area contributed by atoms with E-state index in [0.29, 0.717) is 0 Å². The molecule has 66 heavy (non-hydrogen) atoms. The summed E-state index contributed by atoms with van der Waals surface area (Å²) in [7, 11) is 0. The Morgan fingerprint density at radius 3 is 1.74 bits per heavy atom. The molecule has 5 saturated heterocycles. The predicted octanol–water partition coefficient (Wildman–Crippen LogP) is -10.4. The monoisotopic (exact) mass is 966 g/mol. The molecule has 0 aromatic rings. The minimum Gasteiger partial charge on any atom is -0.477 e.